The molecule has 0 radical (unpaired) electrons. The predicted molar refractivity (Wildman–Crippen MR) is 76.0 cm³/mol. The smallest absolute Gasteiger partial charge is 0.394 e. The fourth-order valence-corrected chi connectivity index (χ4v) is 2.38. The Morgan fingerprint density at radius 2 is 1.91 bits per heavy atom. The minimum atomic E-state index is -4.63. The number of carboxylic acid groups (broad SMARTS) is 1. The largest absolute Gasteiger partial charge is 0.481 e. The van der Waals surface area contributed by atoms with Crippen molar-refractivity contribution in [2.45, 2.75) is 32.4 Å². The molecule has 0 aromatic heterocycles. The number of carboxylic acids is 1. The topological polar surface area (TPSA) is 78.9 Å². The molecular formula is C14H23F3N2O4. The molecule has 2 N–H and O–H groups in total. The molecule has 0 aromatic carbocycles. The predicted octanol–water partition coefficient (Wildman–Crippen LogP) is 2.10. The fraction of sp³-hybridized carbons (Fsp3) is 0.857. The monoisotopic (exact) mass is 340 g/mol. The summed E-state index contributed by atoms with van der Waals surface area (Å²) < 4.78 is 43.8. The molecule has 1 heterocycles. The maximum absolute atomic E-state index is 12.8. The summed E-state index contributed by atoms with van der Waals surface area (Å²) in [6.45, 7) is 2.36. The van der Waals surface area contributed by atoms with Gasteiger partial charge in [-0.25, -0.2) is 4.79 Å². The standard InChI is InChI=1S/C14H23F3N2O4/c1-2-3-6-23-7-4-5-18-13(22)19-8-10(12(20)21)11(9-19)14(15,16)17/h10-11H,2-9H2,1H3,(H,18,22)(H,20,21)/t10-,11-/m1/s1. The van der Waals surface area contributed by atoms with Gasteiger partial charge in [-0.3, -0.25) is 4.79 Å². The van der Waals surface area contributed by atoms with Crippen LogP contribution in [0, 0.1) is 11.8 Å². The maximum atomic E-state index is 12.8. The highest BCUT2D eigenvalue weighted by Crippen LogP contribution is 2.37. The Morgan fingerprint density at radius 3 is 2.43 bits per heavy atom. The lowest BCUT2D eigenvalue weighted by atomic mass is 9.96. The van der Waals surface area contributed by atoms with E-state index in [0.29, 0.717) is 19.6 Å². The van der Waals surface area contributed by atoms with Crippen molar-refractivity contribution in [2.24, 2.45) is 11.8 Å². The average molecular weight is 340 g/mol. The van der Waals surface area contributed by atoms with E-state index in [1.54, 1.807) is 0 Å². The molecule has 6 nitrogen and oxygen atoms in total. The van der Waals surface area contributed by atoms with Crippen LogP contribution in [0.2, 0.25) is 0 Å². The number of nitrogens with zero attached hydrogens (tertiary/aromatic N) is 1. The van der Waals surface area contributed by atoms with E-state index in [2.05, 4.69) is 5.32 Å². The maximum Gasteiger partial charge on any atom is 0.394 e. The van der Waals surface area contributed by atoms with E-state index in [9.17, 15) is 22.8 Å². The first-order valence-corrected chi connectivity index (χ1v) is 7.67. The van der Waals surface area contributed by atoms with Crippen LogP contribution < -0.4 is 5.32 Å². The van der Waals surface area contributed by atoms with Crippen LogP contribution in [0.1, 0.15) is 26.2 Å². The van der Waals surface area contributed by atoms with Crippen LogP contribution in [0.5, 0.6) is 0 Å². The van der Waals surface area contributed by atoms with E-state index < -0.39 is 43.1 Å². The van der Waals surface area contributed by atoms with Gasteiger partial charge in [0.15, 0.2) is 0 Å². The lowest BCUT2D eigenvalue weighted by Crippen LogP contribution is -2.40. The van der Waals surface area contributed by atoms with Crippen LogP contribution in [0.4, 0.5) is 18.0 Å². The van der Waals surface area contributed by atoms with E-state index >= 15 is 0 Å². The summed E-state index contributed by atoms with van der Waals surface area (Å²) in [6, 6.07) is -0.670. The summed E-state index contributed by atoms with van der Waals surface area (Å²) in [6.07, 6.45) is -2.11. The van der Waals surface area contributed by atoms with Gasteiger partial charge in [0.05, 0.1) is 11.8 Å². The number of nitrogens with one attached hydrogen (secondary N) is 1. The van der Waals surface area contributed by atoms with Crippen molar-refractivity contribution in [3.63, 3.8) is 0 Å². The Morgan fingerprint density at radius 1 is 1.26 bits per heavy atom. The van der Waals surface area contributed by atoms with Gasteiger partial charge >= 0.3 is 18.2 Å². The zero-order valence-electron chi connectivity index (χ0n) is 13.1. The van der Waals surface area contributed by atoms with E-state index in [-0.39, 0.29) is 6.54 Å². The summed E-state index contributed by atoms with van der Waals surface area (Å²) in [5.74, 6) is -5.17. The van der Waals surface area contributed by atoms with Crippen molar-refractivity contribution in [2.75, 3.05) is 32.8 Å². The molecule has 0 bridgehead atoms. The highest BCUT2D eigenvalue weighted by molar-refractivity contribution is 5.77. The van der Waals surface area contributed by atoms with Crippen molar-refractivity contribution >= 4 is 12.0 Å². The number of urea groups is 1. The first-order valence-electron chi connectivity index (χ1n) is 7.67. The number of amides is 2. The molecule has 23 heavy (non-hydrogen) atoms. The summed E-state index contributed by atoms with van der Waals surface area (Å²) in [5.41, 5.74) is 0. The number of carbonyl (C=O) groups is 2. The second kappa shape index (κ2) is 8.95. The van der Waals surface area contributed by atoms with Gasteiger partial charge in [0, 0.05) is 32.8 Å². The second-order valence-corrected chi connectivity index (χ2v) is 5.55. The Bertz CT molecular complexity index is 404. The van der Waals surface area contributed by atoms with E-state index in [0.717, 1.165) is 17.7 Å². The van der Waals surface area contributed by atoms with Crippen LogP contribution in [0.15, 0.2) is 0 Å². The van der Waals surface area contributed by atoms with Crippen LogP contribution in [0.3, 0.4) is 0 Å². The number of alkyl halides is 3. The SMILES string of the molecule is CCCCOCCCNC(=O)N1C[C@@H](C(F)(F)F)[C@H](C(=O)O)C1. The molecule has 2 atom stereocenters. The minimum Gasteiger partial charge on any atom is -0.481 e. The van der Waals surface area contributed by atoms with Crippen molar-refractivity contribution in [3.05, 3.63) is 0 Å². The number of hydrogen-bond acceptors (Lipinski definition) is 3. The Balaban J connectivity index is 2.35. The highest BCUT2D eigenvalue weighted by atomic mass is 19.4. The Hall–Kier alpha value is -1.51. The molecule has 0 unspecified atom stereocenters. The molecule has 1 aliphatic heterocycles. The van der Waals surface area contributed by atoms with Gasteiger partial charge in [0.1, 0.15) is 0 Å². The van der Waals surface area contributed by atoms with Crippen molar-refractivity contribution in [1.29, 1.82) is 0 Å². The van der Waals surface area contributed by atoms with E-state index in [1.165, 1.54) is 0 Å². The molecule has 134 valence electrons. The van der Waals surface area contributed by atoms with Gasteiger partial charge in [-0.15, -0.1) is 0 Å². The third-order valence-electron chi connectivity index (χ3n) is 3.73. The van der Waals surface area contributed by atoms with Gasteiger partial charge in [-0.1, -0.05) is 13.3 Å². The van der Waals surface area contributed by atoms with Gasteiger partial charge in [-0.05, 0) is 12.8 Å². The highest BCUT2D eigenvalue weighted by Gasteiger charge is 2.53. The summed E-state index contributed by atoms with van der Waals surface area (Å²) in [4.78, 5) is 23.7. The van der Waals surface area contributed by atoms with Gasteiger partial charge in [0.2, 0.25) is 0 Å². The van der Waals surface area contributed by atoms with Crippen molar-refractivity contribution < 1.29 is 32.6 Å². The lowest BCUT2D eigenvalue weighted by molar-refractivity contribution is -0.187. The molecule has 0 aliphatic carbocycles. The normalized spacial score (nSPS) is 21.5. The summed E-state index contributed by atoms with van der Waals surface area (Å²) >= 11 is 0. The second-order valence-electron chi connectivity index (χ2n) is 5.55. The van der Waals surface area contributed by atoms with E-state index in [1.807, 2.05) is 6.92 Å². The summed E-state index contributed by atoms with van der Waals surface area (Å²) in [7, 11) is 0. The zero-order valence-corrected chi connectivity index (χ0v) is 13.1. The van der Waals surface area contributed by atoms with Crippen LogP contribution in [-0.4, -0.2) is 61.0 Å². The molecule has 2 amide bonds. The van der Waals surface area contributed by atoms with E-state index in [4.69, 9.17) is 9.84 Å². The first-order chi connectivity index (χ1) is 10.8. The van der Waals surface area contributed by atoms with Crippen molar-refractivity contribution in [3.8, 4) is 0 Å². The molecule has 1 saturated heterocycles. The molecule has 1 aliphatic rings. The number of likely N-dealkylation sites (tertiary alicyclic amines) is 1. The summed E-state index contributed by atoms with van der Waals surface area (Å²) in [5, 5.41) is 11.4. The number of unbranched alkanes of at least 4 members (excludes halogenated alkanes) is 1. The molecule has 0 spiro atoms. The fourth-order valence-electron chi connectivity index (χ4n) is 2.38. The number of halogens is 3. The minimum absolute atomic E-state index is 0.274. The lowest BCUT2D eigenvalue weighted by Gasteiger charge is -2.18. The number of carbonyl (C=O) groups excluding carboxylic acids is 1. The van der Waals surface area contributed by atoms with Gasteiger partial charge in [0.25, 0.3) is 0 Å². The number of aliphatic carboxylic acids is 1. The van der Waals surface area contributed by atoms with Crippen molar-refractivity contribution in [1.82, 2.24) is 10.2 Å². The first kappa shape index (κ1) is 19.5. The number of hydrogen-bond donors (Lipinski definition) is 2. The number of ether oxygens (including phenoxy) is 1. The Labute approximate surface area is 133 Å². The molecule has 1 rings (SSSR count). The molecule has 0 saturated carbocycles. The van der Waals surface area contributed by atoms with Gasteiger partial charge in [-0.2, -0.15) is 13.2 Å². The number of rotatable bonds is 8. The third-order valence-corrected chi connectivity index (χ3v) is 3.73. The molecular weight excluding hydrogens is 317 g/mol. The van der Waals surface area contributed by atoms with Gasteiger partial charge < -0.3 is 20.1 Å². The molecule has 9 heteroatoms. The van der Waals surface area contributed by atoms with Crippen LogP contribution >= 0.6 is 0 Å². The molecule has 1 fully saturated rings. The average Bonchev–Trinajstić information content (AvgIpc) is 2.91. The Kier molecular flexibility index (Phi) is 7.60. The van der Waals surface area contributed by atoms with Crippen LogP contribution in [-0.2, 0) is 9.53 Å². The third kappa shape index (κ3) is 6.25. The zero-order chi connectivity index (χ0) is 17.5. The van der Waals surface area contributed by atoms with Crippen LogP contribution in [0.25, 0.3) is 0 Å². The molecule has 0 aromatic rings. The quantitative estimate of drug-likeness (QED) is 0.663.